The first-order chi connectivity index (χ1) is 12.3. The number of benzene rings is 1. The molecule has 2 aromatic rings. The molecule has 0 unspecified atom stereocenters. The third-order valence-corrected chi connectivity index (χ3v) is 4.42. The SMILES string of the molecule is C=Cc1ccc(N2C(=O)CC[C@H]2C(=O)Nc2cc(C(C)(C)C)on2)cc1. The average Bonchev–Trinajstić information content (AvgIpc) is 3.21. The molecule has 2 heterocycles. The Labute approximate surface area is 152 Å². The van der Waals surface area contributed by atoms with E-state index < -0.39 is 6.04 Å². The number of hydrogen-bond donors (Lipinski definition) is 1. The number of nitrogens with zero attached hydrogens (tertiary/aromatic N) is 2. The van der Waals surface area contributed by atoms with Crippen molar-refractivity contribution in [3.8, 4) is 0 Å². The minimum Gasteiger partial charge on any atom is -0.359 e. The van der Waals surface area contributed by atoms with Crippen LogP contribution in [0.5, 0.6) is 0 Å². The normalized spacial score (nSPS) is 17.4. The summed E-state index contributed by atoms with van der Waals surface area (Å²) in [5, 5.41) is 6.68. The van der Waals surface area contributed by atoms with Crippen molar-refractivity contribution >= 4 is 29.4 Å². The molecule has 1 atom stereocenters. The van der Waals surface area contributed by atoms with Crippen LogP contribution in [0.1, 0.15) is 44.9 Å². The summed E-state index contributed by atoms with van der Waals surface area (Å²) in [4.78, 5) is 26.6. The fourth-order valence-corrected chi connectivity index (χ4v) is 2.92. The predicted molar refractivity (Wildman–Crippen MR) is 101 cm³/mol. The van der Waals surface area contributed by atoms with Gasteiger partial charge in [0.15, 0.2) is 5.82 Å². The topological polar surface area (TPSA) is 75.4 Å². The molecular formula is C20H23N3O3. The number of nitrogens with one attached hydrogen (secondary N) is 1. The van der Waals surface area contributed by atoms with E-state index in [1.165, 1.54) is 0 Å². The van der Waals surface area contributed by atoms with Gasteiger partial charge >= 0.3 is 0 Å². The van der Waals surface area contributed by atoms with Crippen LogP contribution in [0, 0.1) is 0 Å². The van der Waals surface area contributed by atoms with Crippen molar-refractivity contribution in [3.05, 3.63) is 48.2 Å². The Morgan fingerprint density at radius 3 is 2.62 bits per heavy atom. The zero-order valence-electron chi connectivity index (χ0n) is 15.3. The standard InChI is InChI=1S/C20H23N3O3/c1-5-13-6-8-14(9-7-13)23-15(10-11-18(23)24)19(25)21-17-12-16(26-22-17)20(2,3)4/h5-9,12,15H,1,10-11H2,2-4H3,(H,21,22,25)/t15-/m0/s1. The van der Waals surface area contributed by atoms with E-state index in [9.17, 15) is 9.59 Å². The molecule has 6 heteroatoms. The molecule has 1 N–H and O–H groups in total. The molecule has 2 amide bonds. The van der Waals surface area contributed by atoms with Crippen molar-refractivity contribution in [1.82, 2.24) is 5.16 Å². The molecule has 136 valence electrons. The Bertz CT molecular complexity index is 831. The van der Waals surface area contributed by atoms with Crippen LogP contribution in [0.15, 0.2) is 41.4 Å². The molecule has 1 aliphatic heterocycles. The second-order valence-electron chi connectivity index (χ2n) is 7.43. The minimum absolute atomic E-state index is 0.0629. The van der Waals surface area contributed by atoms with Crippen LogP contribution in [0.2, 0.25) is 0 Å². The van der Waals surface area contributed by atoms with Crippen LogP contribution < -0.4 is 10.2 Å². The van der Waals surface area contributed by atoms with E-state index in [0.29, 0.717) is 30.1 Å². The molecule has 0 radical (unpaired) electrons. The van der Waals surface area contributed by atoms with Crippen molar-refractivity contribution in [2.24, 2.45) is 0 Å². The lowest BCUT2D eigenvalue weighted by atomic mass is 9.93. The van der Waals surface area contributed by atoms with Crippen molar-refractivity contribution in [1.29, 1.82) is 0 Å². The maximum absolute atomic E-state index is 12.7. The third kappa shape index (κ3) is 3.54. The Balaban J connectivity index is 1.77. The third-order valence-electron chi connectivity index (χ3n) is 4.42. The smallest absolute Gasteiger partial charge is 0.248 e. The summed E-state index contributed by atoms with van der Waals surface area (Å²) in [6.07, 6.45) is 2.54. The van der Waals surface area contributed by atoms with Crippen LogP contribution in [0.4, 0.5) is 11.5 Å². The molecule has 1 aromatic heterocycles. The van der Waals surface area contributed by atoms with Crippen LogP contribution in [-0.2, 0) is 15.0 Å². The van der Waals surface area contributed by atoms with Crippen LogP contribution in [-0.4, -0.2) is 23.0 Å². The van der Waals surface area contributed by atoms with Gasteiger partial charge in [0, 0.05) is 23.6 Å². The average molecular weight is 353 g/mol. The molecule has 3 rings (SSSR count). The fourth-order valence-electron chi connectivity index (χ4n) is 2.92. The van der Waals surface area contributed by atoms with E-state index >= 15 is 0 Å². The minimum atomic E-state index is -0.563. The van der Waals surface area contributed by atoms with Crippen LogP contribution in [0.25, 0.3) is 6.08 Å². The molecule has 1 fully saturated rings. The lowest BCUT2D eigenvalue weighted by molar-refractivity contribution is -0.120. The largest absolute Gasteiger partial charge is 0.359 e. The molecule has 6 nitrogen and oxygen atoms in total. The monoisotopic (exact) mass is 353 g/mol. The van der Waals surface area contributed by atoms with Crippen LogP contribution in [0.3, 0.4) is 0 Å². The van der Waals surface area contributed by atoms with E-state index in [1.807, 2.05) is 45.0 Å². The quantitative estimate of drug-likeness (QED) is 0.908. The van der Waals surface area contributed by atoms with E-state index in [0.717, 1.165) is 5.56 Å². The number of anilines is 2. The fraction of sp³-hybridized carbons (Fsp3) is 0.350. The zero-order valence-corrected chi connectivity index (χ0v) is 15.3. The first-order valence-electron chi connectivity index (χ1n) is 8.62. The Kier molecular flexibility index (Phi) is 4.68. The van der Waals surface area contributed by atoms with Gasteiger partial charge in [-0.1, -0.05) is 50.7 Å². The summed E-state index contributed by atoms with van der Waals surface area (Å²) in [5.74, 6) is 0.720. The molecule has 1 aromatic carbocycles. The number of hydrogen-bond acceptors (Lipinski definition) is 4. The molecule has 1 aliphatic rings. The van der Waals surface area contributed by atoms with Gasteiger partial charge in [0.25, 0.3) is 0 Å². The highest BCUT2D eigenvalue weighted by Crippen LogP contribution is 2.29. The number of amides is 2. The van der Waals surface area contributed by atoms with Gasteiger partial charge in [-0.25, -0.2) is 0 Å². The predicted octanol–water partition coefficient (Wildman–Crippen LogP) is 3.75. The number of aromatic nitrogens is 1. The lowest BCUT2D eigenvalue weighted by Gasteiger charge is -2.23. The Hall–Kier alpha value is -2.89. The summed E-state index contributed by atoms with van der Waals surface area (Å²) >= 11 is 0. The maximum atomic E-state index is 12.7. The van der Waals surface area contributed by atoms with E-state index in [4.69, 9.17) is 4.52 Å². The highest BCUT2D eigenvalue weighted by Gasteiger charge is 2.37. The van der Waals surface area contributed by atoms with Crippen molar-refractivity contribution in [2.75, 3.05) is 10.2 Å². The second kappa shape index (κ2) is 6.78. The first-order valence-corrected chi connectivity index (χ1v) is 8.62. The number of carbonyl (C=O) groups excluding carboxylic acids is 2. The molecular weight excluding hydrogens is 330 g/mol. The van der Waals surface area contributed by atoms with Crippen molar-refractivity contribution in [2.45, 2.75) is 45.1 Å². The molecule has 0 spiro atoms. The van der Waals surface area contributed by atoms with Gasteiger partial charge in [-0.2, -0.15) is 0 Å². The van der Waals surface area contributed by atoms with Gasteiger partial charge < -0.3 is 9.84 Å². The van der Waals surface area contributed by atoms with Gasteiger partial charge in [0.2, 0.25) is 11.8 Å². The number of carbonyl (C=O) groups is 2. The first kappa shape index (κ1) is 17.9. The second-order valence-corrected chi connectivity index (χ2v) is 7.43. The van der Waals surface area contributed by atoms with Gasteiger partial charge in [0.05, 0.1) is 0 Å². The summed E-state index contributed by atoms with van der Waals surface area (Å²) in [7, 11) is 0. The highest BCUT2D eigenvalue weighted by molar-refractivity contribution is 6.07. The summed E-state index contributed by atoms with van der Waals surface area (Å²) < 4.78 is 5.30. The Morgan fingerprint density at radius 2 is 2.04 bits per heavy atom. The van der Waals surface area contributed by atoms with E-state index in [-0.39, 0.29) is 17.2 Å². The van der Waals surface area contributed by atoms with Crippen LogP contribution >= 0.6 is 0 Å². The lowest BCUT2D eigenvalue weighted by Crippen LogP contribution is -2.41. The van der Waals surface area contributed by atoms with Crippen molar-refractivity contribution in [3.63, 3.8) is 0 Å². The van der Waals surface area contributed by atoms with E-state index in [2.05, 4.69) is 17.1 Å². The Morgan fingerprint density at radius 1 is 1.35 bits per heavy atom. The summed E-state index contributed by atoms with van der Waals surface area (Å²) in [6.45, 7) is 9.73. The summed E-state index contributed by atoms with van der Waals surface area (Å²) in [6, 6.07) is 8.55. The highest BCUT2D eigenvalue weighted by atomic mass is 16.5. The maximum Gasteiger partial charge on any atom is 0.248 e. The van der Waals surface area contributed by atoms with E-state index in [1.54, 1.807) is 17.0 Å². The number of rotatable bonds is 4. The molecule has 1 saturated heterocycles. The molecule has 26 heavy (non-hydrogen) atoms. The molecule has 0 aliphatic carbocycles. The molecule has 0 bridgehead atoms. The summed E-state index contributed by atoms with van der Waals surface area (Å²) in [5.41, 5.74) is 1.46. The van der Waals surface area contributed by atoms with Crippen molar-refractivity contribution < 1.29 is 14.1 Å². The van der Waals surface area contributed by atoms with Gasteiger partial charge in [-0.15, -0.1) is 0 Å². The zero-order chi connectivity index (χ0) is 18.9. The van der Waals surface area contributed by atoms with Gasteiger partial charge in [-0.3, -0.25) is 14.5 Å². The van der Waals surface area contributed by atoms with Gasteiger partial charge in [0.1, 0.15) is 11.8 Å². The molecule has 0 saturated carbocycles. The van der Waals surface area contributed by atoms with Gasteiger partial charge in [-0.05, 0) is 24.1 Å².